The van der Waals surface area contributed by atoms with Crippen LogP contribution in [-0.4, -0.2) is 36.6 Å². The molecule has 0 spiro atoms. The fraction of sp³-hybridized carbons (Fsp3) is 1.00. The summed E-state index contributed by atoms with van der Waals surface area (Å²) < 4.78 is 0. The normalized spacial score (nSPS) is 20.6. The van der Waals surface area contributed by atoms with E-state index in [4.69, 9.17) is 0 Å². The molecule has 1 atom stereocenters. The second-order valence-electron chi connectivity index (χ2n) is 4.48. The van der Waals surface area contributed by atoms with Crippen molar-refractivity contribution in [2.45, 2.75) is 58.5 Å². The summed E-state index contributed by atoms with van der Waals surface area (Å²) in [6, 6.07) is 1.52. The topological polar surface area (TPSA) is 15.3 Å². The van der Waals surface area contributed by atoms with Gasteiger partial charge < -0.3 is 5.32 Å². The lowest BCUT2D eigenvalue weighted by Crippen LogP contribution is -2.43. The second-order valence-corrected chi connectivity index (χ2v) is 4.48. The monoisotopic (exact) mass is 198 g/mol. The number of nitrogens with one attached hydrogen (secondary N) is 1. The summed E-state index contributed by atoms with van der Waals surface area (Å²) in [5, 5.41) is 3.49. The van der Waals surface area contributed by atoms with Crippen LogP contribution in [-0.2, 0) is 0 Å². The summed E-state index contributed by atoms with van der Waals surface area (Å²) in [4.78, 5) is 2.65. The molecule has 1 aliphatic carbocycles. The van der Waals surface area contributed by atoms with Crippen molar-refractivity contribution in [1.82, 2.24) is 10.2 Å². The molecule has 0 bridgehead atoms. The minimum absolute atomic E-state index is 0.639. The van der Waals surface area contributed by atoms with Gasteiger partial charge in [-0.3, -0.25) is 4.90 Å². The maximum absolute atomic E-state index is 3.49. The van der Waals surface area contributed by atoms with E-state index < -0.39 is 0 Å². The van der Waals surface area contributed by atoms with Gasteiger partial charge in [0.05, 0.1) is 0 Å². The Morgan fingerprint density at radius 1 is 1.29 bits per heavy atom. The molecule has 0 heterocycles. The van der Waals surface area contributed by atoms with E-state index in [1.165, 1.54) is 38.8 Å². The van der Waals surface area contributed by atoms with Crippen molar-refractivity contribution < 1.29 is 0 Å². The molecule has 2 nitrogen and oxygen atoms in total. The van der Waals surface area contributed by atoms with E-state index in [2.05, 4.69) is 31.0 Å². The number of rotatable bonds is 6. The smallest absolute Gasteiger partial charge is 0.0166 e. The van der Waals surface area contributed by atoms with Crippen LogP contribution in [0.3, 0.4) is 0 Å². The van der Waals surface area contributed by atoms with Crippen LogP contribution < -0.4 is 5.32 Å². The van der Waals surface area contributed by atoms with Gasteiger partial charge in [0, 0.05) is 18.6 Å². The van der Waals surface area contributed by atoms with E-state index in [1.807, 2.05) is 0 Å². The fourth-order valence-electron chi connectivity index (χ4n) is 2.57. The molecule has 1 rings (SSSR count). The van der Waals surface area contributed by atoms with Gasteiger partial charge >= 0.3 is 0 Å². The quantitative estimate of drug-likeness (QED) is 0.704. The predicted octanol–water partition coefficient (Wildman–Crippen LogP) is 2.25. The van der Waals surface area contributed by atoms with Crippen molar-refractivity contribution >= 4 is 0 Å². The zero-order chi connectivity index (χ0) is 10.4. The number of likely N-dealkylation sites (N-methyl/N-ethyl adjacent to an activating group) is 2. The van der Waals surface area contributed by atoms with Crippen molar-refractivity contribution in [2.24, 2.45) is 0 Å². The molecule has 0 aromatic rings. The zero-order valence-electron chi connectivity index (χ0n) is 10.1. The number of hydrogen-bond acceptors (Lipinski definition) is 2. The number of hydrogen-bond donors (Lipinski definition) is 1. The van der Waals surface area contributed by atoms with E-state index in [-0.39, 0.29) is 0 Å². The van der Waals surface area contributed by atoms with Crippen molar-refractivity contribution in [3.05, 3.63) is 0 Å². The minimum Gasteiger partial charge on any atom is -0.313 e. The minimum atomic E-state index is 0.639. The summed E-state index contributed by atoms with van der Waals surface area (Å²) in [7, 11) is 0. The second kappa shape index (κ2) is 6.41. The SMILES string of the molecule is CCNC(C)CN(CC)C1CCCC1. The third kappa shape index (κ3) is 3.58. The van der Waals surface area contributed by atoms with E-state index >= 15 is 0 Å². The lowest BCUT2D eigenvalue weighted by molar-refractivity contribution is 0.191. The average molecular weight is 198 g/mol. The summed E-state index contributed by atoms with van der Waals surface area (Å²) in [6.07, 6.45) is 5.73. The Morgan fingerprint density at radius 3 is 2.43 bits per heavy atom. The lowest BCUT2D eigenvalue weighted by Gasteiger charge is -2.30. The third-order valence-corrected chi connectivity index (χ3v) is 3.31. The molecule has 0 amide bonds. The van der Waals surface area contributed by atoms with Crippen molar-refractivity contribution in [3.8, 4) is 0 Å². The first-order chi connectivity index (χ1) is 6.77. The van der Waals surface area contributed by atoms with Gasteiger partial charge in [-0.1, -0.05) is 26.7 Å². The molecule has 1 unspecified atom stereocenters. The Bertz CT molecular complexity index is 141. The van der Waals surface area contributed by atoms with Gasteiger partial charge in [-0.15, -0.1) is 0 Å². The first-order valence-electron chi connectivity index (χ1n) is 6.25. The van der Waals surface area contributed by atoms with Gasteiger partial charge in [-0.2, -0.15) is 0 Å². The molecule has 84 valence electrons. The summed E-state index contributed by atoms with van der Waals surface area (Å²) in [5.41, 5.74) is 0. The summed E-state index contributed by atoms with van der Waals surface area (Å²) in [6.45, 7) is 10.3. The molecule has 0 radical (unpaired) electrons. The largest absolute Gasteiger partial charge is 0.313 e. The van der Waals surface area contributed by atoms with E-state index in [0.29, 0.717) is 6.04 Å². The average Bonchev–Trinajstić information content (AvgIpc) is 2.67. The van der Waals surface area contributed by atoms with Gasteiger partial charge in [0.1, 0.15) is 0 Å². The molecule has 0 aromatic heterocycles. The predicted molar refractivity (Wildman–Crippen MR) is 62.6 cm³/mol. The van der Waals surface area contributed by atoms with Gasteiger partial charge in [-0.05, 0) is 32.9 Å². The van der Waals surface area contributed by atoms with Crippen LogP contribution >= 0.6 is 0 Å². The molecule has 1 N–H and O–H groups in total. The van der Waals surface area contributed by atoms with Gasteiger partial charge in [0.15, 0.2) is 0 Å². The highest BCUT2D eigenvalue weighted by atomic mass is 15.2. The highest BCUT2D eigenvalue weighted by Gasteiger charge is 2.22. The van der Waals surface area contributed by atoms with Gasteiger partial charge in [0.25, 0.3) is 0 Å². The molecule has 0 aliphatic heterocycles. The molecule has 0 saturated heterocycles. The Balaban J connectivity index is 2.29. The van der Waals surface area contributed by atoms with Gasteiger partial charge in [-0.25, -0.2) is 0 Å². The highest BCUT2D eigenvalue weighted by Crippen LogP contribution is 2.23. The van der Waals surface area contributed by atoms with Crippen LogP contribution in [0.1, 0.15) is 46.5 Å². The Hall–Kier alpha value is -0.0800. The zero-order valence-corrected chi connectivity index (χ0v) is 10.1. The standard InChI is InChI=1S/C12H26N2/c1-4-13-11(3)10-14(5-2)12-8-6-7-9-12/h11-13H,4-10H2,1-3H3. The molecular formula is C12H26N2. The van der Waals surface area contributed by atoms with Gasteiger partial charge in [0.2, 0.25) is 0 Å². The van der Waals surface area contributed by atoms with Crippen LogP contribution in [0.15, 0.2) is 0 Å². The van der Waals surface area contributed by atoms with Crippen LogP contribution in [0.25, 0.3) is 0 Å². The molecule has 1 saturated carbocycles. The maximum Gasteiger partial charge on any atom is 0.0166 e. The summed E-state index contributed by atoms with van der Waals surface area (Å²) in [5.74, 6) is 0. The summed E-state index contributed by atoms with van der Waals surface area (Å²) >= 11 is 0. The Labute approximate surface area is 89.1 Å². The molecule has 1 aliphatic rings. The fourth-order valence-corrected chi connectivity index (χ4v) is 2.57. The van der Waals surface area contributed by atoms with Crippen LogP contribution in [0.5, 0.6) is 0 Å². The third-order valence-electron chi connectivity index (χ3n) is 3.31. The van der Waals surface area contributed by atoms with Crippen molar-refractivity contribution in [2.75, 3.05) is 19.6 Å². The molecule has 1 fully saturated rings. The Kier molecular flexibility index (Phi) is 5.49. The Morgan fingerprint density at radius 2 is 1.93 bits per heavy atom. The van der Waals surface area contributed by atoms with Crippen LogP contribution in [0.2, 0.25) is 0 Å². The number of nitrogens with zero attached hydrogens (tertiary/aromatic N) is 1. The van der Waals surface area contributed by atoms with Crippen molar-refractivity contribution in [1.29, 1.82) is 0 Å². The highest BCUT2D eigenvalue weighted by molar-refractivity contribution is 4.79. The maximum atomic E-state index is 3.49. The van der Waals surface area contributed by atoms with Crippen molar-refractivity contribution in [3.63, 3.8) is 0 Å². The van der Waals surface area contributed by atoms with E-state index in [9.17, 15) is 0 Å². The van der Waals surface area contributed by atoms with Crippen LogP contribution in [0.4, 0.5) is 0 Å². The first-order valence-corrected chi connectivity index (χ1v) is 6.25. The first kappa shape index (κ1) is 12.0. The molecule has 0 aromatic carbocycles. The molecule has 2 heteroatoms. The molecule has 14 heavy (non-hydrogen) atoms. The lowest BCUT2D eigenvalue weighted by atomic mass is 10.2. The van der Waals surface area contributed by atoms with E-state index in [1.54, 1.807) is 0 Å². The van der Waals surface area contributed by atoms with E-state index in [0.717, 1.165) is 12.6 Å². The van der Waals surface area contributed by atoms with Crippen LogP contribution in [0, 0.1) is 0 Å². The molecular weight excluding hydrogens is 172 g/mol.